The van der Waals surface area contributed by atoms with Crippen molar-refractivity contribution in [1.82, 2.24) is 5.32 Å². The number of hydrogen-bond donors (Lipinski definition) is 2. The molecule has 2 N–H and O–H groups in total. The minimum Gasteiger partial charge on any atom is -0.384 e. The average Bonchev–Trinajstić information content (AvgIpc) is 2.99. The second-order valence-corrected chi connectivity index (χ2v) is 4.85. The summed E-state index contributed by atoms with van der Waals surface area (Å²) in [7, 11) is 0. The molecule has 1 aliphatic heterocycles. The zero-order chi connectivity index (χ0) is 14.4. The van der Waals surface area contributed by atoms with Crippen molar-refractivity contribution in [3.63, 3.8) is 0 Å². The third-order valence-electron chi connectivity index (χ3n) is 3.32. The Bertz CT molecular complexity index is 524. The second kappa shape index (κ2) is 7.09. The number of ether oxygens (including phenoxy) is 1. The van der Waals surface area contributed by atoms with Gasteiger partial charge in [-0.05, 0) is 38.0 Å². The molecule has 1 aliphatic rings. The van der Waals surface area contributed by atoms with E-state index in [-0.39, 0.29) is 24.7 Å². The van der Waals surface area contributed by atoms with E-state index < -0.39 is 0 Å². The van der Waals surface area contributed by atoms with Gasteiger partial charge in [-0.2, -0.15) is 0 Å². The van der Waals surface area contributed by atoms with E-state index in [1.165, 1.54) is 0 Å². The molecule has 2 rings (SSSR count). The Morgan fingerprint density at radius 1 is 1.60 bits per heavy atom. The highest BCUT2D eigenvalue weighted by atomic mass is 16.5. The third kappa shape index (κ3) is 3.83. The highest BCUT2D eigenvalue weighted by Gasteiger charge is 2.23. The van der Waals surface area contributed by atoms with E-state index in [2.05, 4.69) is 17.2 Å². The lowest BCUT2D eigenvalue weighted by Crippen LogP contribution is -2.40. The van der Waals surface area contributed by atoms with Crippen molar-refractivity contribution in [2.24, 2.45) is 0 Å². The molecule has 2 unspecified atom stereocenters. The van der Waals surface area contributed by atoms with Crippen LogP contribution in [0.25, 0.3) is 0 Å². The summed E-state index contributed by atoms with van der Waals surface area (Å²) in [5.41, 5.74) is 1.29. The van der Waals surface area contributed by atoms with Crippen LogP contribution in [0.1, 0.15) is 35.7 Å². The lowest BCUT2D eigenvalue weighted by atomic mass is 10.1. The maximum absolute atomic E-state index is 12.2. The molecule has 1 saturated heterocycles. The van der Waals surface area contributed by atoms with Crippen molar-refractivity contribution >= 4 is 5.91 Å². The van der Waals surface area contributed by atoms with Crippen molar-refractivity contribution < 1.29 is 14.6 Å². The number of hydrogen-bond acceptors (Lipinski definition) is 3. The fourth-order valence-corrected chi connectivity index (χ4v) is 2.26. The lowest BCUT2D eigenvalue weighted by Gasteiger charge is -2.20. The Morgan fingerprint density at radius 3 is 3.15 bits per heavy atom. The van der Waals surface area contributed by atoms with Gasteiger partial charge >= 0.3 is 0 Å². The second-order valence-electron chi connectivity index (χ2n) is 4.85. The van der Waals surface area contributed by atoms with Gasteiger partial charge in [0.15, 0.2) is 0 Å². The number of rotatable bonds is 3. The van der Waals surface area contributed by atoms with Crippen LogP contribution in [-0.4, -0.2) is 36.4 Å². The summed E-state index contributed by atoms with van der Waals surface area (Å²) >= 11 is 0. The zero-order valence-electron chi connectivity index (χ0n) is 11.6. The van der Waals surface area contributed by atoms with Gasteiger partial charge in [0.05, 0.1) is 12.1 Å². The minimum atomic E-state index is -0.188. The molecule has 0 saturated carbocycles. The van der Waals surface area contributed by atoms with Crippen LogP contribution in [-0.2, 0) is 4.74 Å². The van der Waals surface area contributed by atoms with E-state index in [0.29, 0.717) is 5.56 Å². The van der Waals surface area contributed by atoms with Crippen molar-refractivity contribution in [2.75, 3.05) is 13.2 Å². The van der Waals surface area contributed by atoms with Gasteiger partial charge in [0.1, 0.15) is 6.61 Å². The Hall–Kier alpha value is -1.83. The van der Waals surface area contributed by atoms with Gasteiger partial charge in [-0.1, -0.05) is 17.9 Å². The van der Waals surface area contributed by atoms with Crippen LogP contribution >= 0.6 is 0 Å². The van der Waals surface area contributed by atoms with E-state index in [1.54, 1.807) is 18.2 Å². The monoisotopic (exact) mass is 273 g/mol. The maximum Gasteiger partial charge on any atom is 0.251 e. The quantitative estimate of drug-likeness (QED) is 0.817. The van der Waals surface area contributed by atoms with Gasteiger partial charge in [0.2, 0.25) is 0 Å². The fourth-order valence-electron chi connectivity index (χ4n) is 2.26. The normalized spacial score (nSPS) is 19.0. The summed E-state index contributed by atoms with van der Waals surface area (Å²) in [6, 6.07) is 7.06. The molecule has 2 atom stereocenters. The van der Waals surface area contributed by atoms with Crippen LogP contribution in [0.4, 0.5) is 0 Å². The summed E-state index contributed by atoms with van der Waals surface area (Å²) in [5.74, 6) is 5.24. The summed E-state index contributed by atoms with van der Waals surface area (Å²) in [5, 5.41) is 11.6. The van der Waals surface area contributed by atoms with Gasteiger partial charge < -0.3 is 15.2 Å². The molecule has 1 aromatic carbocycles. The molecule has 20 heavy (non-hydrogen) atoms. The van der Waals surface area contributed by atoms with Gasteiger partial charge in [-0.15, -0.1) is 0 Å². The zero-order valence-corrected chi connectivity index (χ0v) is 11.6. The predicted octanol–water partition coefficient (Wildman–Crippen LogP) is 1.33. The molecule has 0 aliphatic carbocycles. The van der Waals surface area contributed by atoms with Crippen LogP contribution < -0.4 is 5.32 Å². The van der Waals surface area contributed by atoms with Gasteiger partial charge in [-0.25, -0.2) is 0 Å². The van der Waals surface area contributed by atoms with Gasteiger partial charge in [0, 0.05) is 17.7 Å². The Morgan fingerprint density at radius 2 is 2.45 bits per heavy atom. The standard InChI is InChI=1S/C16H19NO3/c1-12(15-8-4-10-20-15)17-16(19)14-7-2-5-13(11-14)6-3-9-18/h2,5,7,11-12,15,18H,4,8-10H2,1H3,(H,17,19). The number of benzene rings is 1. The smallest absolute Gasteiger partial charge is 0.251 e. The number of nitrogens with one attached hydrogen (secondary N) is 1. The predicted molar refractivity (Wildman–Crippen MR) is 76.3 cm³/mol. The lowest BCUT2D eigenvalue weighted by molar-refractivity contribution is 0.0712. The molecule has 0 spiro atoms. The minimum absolute atomic E-state index is 0.00261. The van der Waals surface area contributed by atoms with E-state index >= 15 is 0 Å². The molecular formula is C16H19NO3. The first-order valence-corrected chi connectivity index (χ1v) is 6.83. The number of amides is 1. The molecule has 4 nitrogen and oxygen atoms in total. The summed E-state index contributed by atoms with van der Waals surface area (Å²) in [4.78, 5) is 12.2. The van der Waals surface area contributed by atoms with Crippen LogP contribution in [0.5, 0.6) is 0 Å². The van der Waals surface area contributed by atoms with Crippen molar-refractivity contribution in [1.29, 1.82) is 0 Å². The first kappa shape index (κ1) is 14.6. The summed E-state index contributed by atoms with van der Waals surface area (Å²) in [6.07, 6.45) is 2.15. The van der Waals surface area contributed by atoms with Crippen molar-refractivity contribution in [3.05, 3.63) is 35.4 Å². The molecule has 0 aromatic heterocycles. The molecule has 1 amide bonds. The molecule has 1 fully saturated rings. The van der Waals surface area contributed by atoms with Crippen LogP contribution in [0.15, 0.2) is 24.3 Å². The molecule has 106 valence electrons. The van der Waals surface area contributed by atoms with Crippen molar-refractivity contribution in [2.45, 2.75) is 31.9 Å². The summed E-state index contributed by atoms with van der Waals surface area (Å²) < 4.78 is 5.56. The fraction of sp³-hybridized carbons (Fsp3) is 0.438. The molecule has 1 heterocycles. The van der Waals surface area contributed by atoms with Crippen LogP contribution in [0.2, 0.25) is 0 Å². The van der Waals surface area contributed by atoms with E-state index in [9.17, 15) is 4.79 Å². The number of aliphatic hydroxyl groups excluding tert-OH is 1. The molecule has 0 radical (unpaired) electrons. The SMILES string of the molecule is CC(NC(=O)c1cccc(C#CCO)c1)C1CCCO1. The maximum atomic E-state index is 12.2. The first-order valence-electron chi connectivity index (χ1n) is 6.83. The largest absolute Gasteiger partial charge is 0.384 e. The molecule has 4 heteroatoms. The highest BCUT2D eigenvalue weighted by Crippen LogP contribution is 2.16. The van der Waals surface area contributed by atoms with Crippen LogP contribution in [0, 0.1) is 11.8 Å². The number of carbonyl (C=O) groups excluding carboxylic acids is 1. The topological polar surface area (TPSA) is 58.6 Å². The van der Waals surface area contributed by atoms with E-state index in [1.807, 2.05) is 13.0 Å². The Labute approximate surface area is 119 Å². The Balaban J connectivity index is 2.01. The van der Waals surface area contributed by atoms with E-state index in [4.69, 9.17) is 9.84 Å². The molecule has 0 bridgehead atoms. The third-order valence-corrected chi connectivity index (χ3v) is 3.32. The first-order chi connectivity index (χ1) is 9.70. The Kier molecular flexibility index (Phi) is 5.16. The van der Waals surface area contributed by atoms with Crippen LogP contribution in [0.3, 0.4) is 0 Å². The highest BCUT2D eigenvalue weighted by molar-refractivity contribution is 5.94. The average molecular weight is 273 g/mol. The number of aliphatic hydroxyl groups is 1. The molecular weight excluding hydrogens is 254 g/mol. The van der Waals surface area contributed by atoms with Crippen molar-refractivity contribution in [3.8, 4) is 11.8 Å². The summed E-state index contributed by atoms with van der Waals surface area (Å²) in [6.45, 7) is 2.55. The van der Waals surface area contributed by atoms with E-state index in [0.717, 1.165) is 25.0 Å². The number of carbonyl (C=O) groups is 1. The van der Waals surface area contributed by atoms with Gasteiger partial charge in [-0.3, -0.25) is 4.79 Å². The molecule has 1 aromatic rings. The van der Waals surface area contributed by atoms with Gasteiger partial charge in [0.25, 0.3) is 5.91 Å².